The van der Waals surface area contributed by atoms with Crippen molar-refractivity contribution in [2.75, 3.05) is 6.61 Å². The van der Waals surface area contributed by atoms with Gasteiger partial charge in [0.25, 0.3) is 10.1 Å². The van der Waals surface area contributed by atoms with E-state index in [9.17, 15) is 23.7 Å². The van der Waals surface area contributed by atoms with Gasteiger partial charge in [-0.3, -0.25) is 4.18 Å². The Morgan fingerprint density at radius 3 is 2.08 bits per heavy atom. The van der Waals surface area contributed by atoms with Gasteiger partial charge in [-0.15, -0.1) is 0 Å². The summed E-state index contributed by atoms with van der Waals surface area (Å²) in [7, 11) is -3.78. The topological polar surface area (TPSA) is 104 Å². The molecule has 0 saturated heterocycles. The Kier molecular flexibility index (Phi) is 6.55. The van der Waals surface area contributed by atoms with Crippen LogP contribution in [-0.4, -0.2) is 30.3 Å². The quantitative estimate of drug-likeness (QED) is 0.488. The van der Waals surface area contributed by atoms with Crippen LogP contribution >= 0.6 is 0 Å². The summed E-state index contributed by atoms with van der Waals surface area (Å²) < 4.78 is 29.2. The molecule has 0 bridgehead atoms. The second kappa shape index (κ2) is 8.44. The largest absolute Gasteiger partial charge is 0.507 e. The maximum atomic E-state index is 12.1. The molecule has 2 aromatic rings. The Morgan fingerprint density at radius 2 is 1.56 bits per heavy atom. The summed E-state index contributed by atoms with van der Waals surface area (Å²) in [6.07, 6.45) is 0.926. The van der Waals surface area contributed by atoms with Crippen LogP contribution in [0.5, 0.6) is 5.75 Å². The van der Waals surface area contributed by atoms with Gasteiger partial charge >= 0.3 is 0 Å². The lowest BCUT2D eigenvalue weighted by Gasteiger charge is -2.11. The lowest BCUT2D eigenvalue weighted by molar-refractivity contribution is 0.263. The van der Waals surface area contributed by atoms with Crippen LogP contribution in [-0.2, 0) is 33.9 Å². The van der Waals surface area contributed by atoms with E-state index in [1.54, 1.807) is 24.3 Å². The smallest absolute Gasteiger partial charge is 0.296 e. The SMILES string of the molecule is Cc1ccc(S(=O)(=O)OCCCc2cc(CO)c(O)c(CO)c2)cc1. The zero-order valence-electron chi connectivity index (χ0n) is 14.0. The summed E-state index contributed by atoms with van der Waals surface area (Å²) in [5.74, 6) is -0.119. The Hall–Kier alpha value is -1.93. The number of hydrogen-bond acceptors (Lipinski definition) is 6. The molecule has 7 heteroatoms. The van der Waals surface area contributed by atoms with Crippen molar-refractivity contribution >= 4 is 10.1 Å². The minimum atomic E-state index is -3.78. The number of phenols is 1. The van der Waals surface area contributed by atoms with Crippen molar-refractivity contribution in [2.45, 2.75) is 37.9 Å². The lowest BCUT2D eigenvalue weighted by Crippen LogP contribution is -2.08. The van der Waals surface area contributed by atoms with E-state index >= 15 is 0 Å². The van der Waals surface area contributed by atoms with E-state index in [4.69, 9.17) is 4.18 Å². The van der Waals surface area contributed by atoms with Gasteiger partial charge in [0.1, 0.15) is 5.75 Å². The van der Waals surface area contributed by atoms with E-state index in [2.05, 4.69) is 0 Å². The maximum absolute atomic E-state index is 12.1. The highest BCUT2D eigenvalue weighted by Gasteiger charge is 2.15. The number of aliphatic hydroxyl groups is 2. The molecular formula is C18H22O6S. The molecule has 0 saturated carbocycles. The third-order valence-electron chi connectivity index (χ3n) is 3.83. The average molecular weight is 366 g/mol. The first-order valence-corrected chi connectivity index (χ1v) is 9.29. The standard InChI is InChI=1S/C18H22O6S/c1-13-4-6-17(7-5-13)25(22,23)24-8-2-3-14-9-15(11-19)18(21)16(10-14)12-20/h4-7,9-10,19-21H,2-3,8,11-12H2,1H3. The van der Waals surface area contributed by atoms with Gasteiger partial charge in [0.2, 0.25) is 0 Å². The van der Waals surface area contributed by atoms with Gasteiger partial charge < -0.3 is 15.3 Å². The highest BCUT2D eigenvalue weighted by atomic mass is 32.2. The molecule has 0 aromatic heterocycles. The Labute approximate surface area is 147 Å². The van der Waals surface area contributed by atoms with E-state index in [0.717, 1.165) is 11.1 Å². The molecular weight excluding hydrogens is 344 g/mol. The fraction of sp³-hybridized carbons (Fsp3) is 0.333. The average Bonchev–Trinajstić information content (AvgIpc) is 2.60. The molecule has 0 atom stereocenters. The summed E-state index contributed by atoms with van der Waals surface area (Å²) in [5.41, 5.74) is 2.40. The van der Waals surface area contributed by atoms with Crippen molar-refractivity contribution in [3.05, 3.63) is 58.7 Å². The molecule has 0 aliphatic carbocycles. The first-order valence-electron chi connectivity index (χ1n) is 7.89. The molecule has 0 amide bonds. The van der Waals surface area contributed by atoms with Gasteiger partial charge in [0.15, 0.2) is 0 Å². The second-order valence-electron chi connectivity index (χ2n) is 5.77. The number of rotatable bonds is 8. The summed E-state index contributed by atoms with van der Waals surface area (Å²) in [6, 6.07) is 9.68. The molecule has 2 aromatic carbocycles. The highest BCUT2D eigenvalue weighted by molar-refractivity contribution is 7.86. The molecule has 2 rings (SSSR count). The van der Waals surface area contributed by atoms with Gasteiger partial charge in [-0.25, -0.2) is 0 Å². The Morgan fingerprint density at radius 1 is 1.00 bits per heavy atom. The molecule has 25 heavy (non-hydrogen) atoms. The van der Waals surface area contributed by atoms with Crippen LogP contribution in [0.3, 0.4) is 0 Å². The number of aryl methyl sites for hydroxylation is 2. The molecule has 0 heterocycles. The number of hydrogen-bond donors (Lipinski definition) is 3. The van der Waals surface area contributed by atoms with E-state index in [-0.39, 0.29) is 30.5 Å². The van der Waals surface area contributed by atoms with Gasteiger partial charge in [0, 0.05) is 11.1 Å². The summed E-state index contributed by atoms with van der Waals surface area (Å²) in [4.78, 5) is 0.118. The van der Waals surface area contributed by atoms with Crippen LogP contribution in [0.1, 0.15) is 28.7 Å². The maximum Gasteiger partial charge on any atom is 0.296 e. The van der Waals surface area contributed by atoms with Gasteiger partial charge in [-0.05, 0) is 49.6 Å². The van der Waals surface area contributed by atoms with Crippen LogP contribution in [0.4, 0.5) is 0 Å². The van der Waals surface area contributed by atoms with Crippen molar-refractivity contribution < 1.29 is 27.9 Å². The van der Waals surface area contributed by atoms with E-state index in [1.165, 1.54) is 12.1 Å². The Balaban J connectivity index is 1.96. The monoisotopic (exact) mass is 366 g/mol. The minimum Gasteiger partial charge on any atom is -0.507 e. The molecule has 3 N–H and O–H groups in total. The lowest BCUT2D eigenvalue weighted by atomic mass is 10.0. The molecule has 136 valence electrons. The van der Waals surface area contributed by atoms with E-state index in [0.29, 0.717) is 24.0 Å². The predicted octanol–water partition coefficient (Wildman–Crippen LogP) is 2.02. The normalized spacial score (nSPS) is 11.6. The molecule has 0 radical (unpaired) electrons. The predicted molar refractivity (Wildman–Crippen MR) is 92.6 cm³/mol. The Bertz CT molecular complexity index is 787. The third kappa shape index (κ3) is 5.02. The van der Waals surface area contributed by atoms with Crippen molar-refractivity contribution in [1.82, 2.24) is 0 Å². The van der Waals surface area contributed by atoms with Gasteiger partial charge in [-0.1, -0.05) is 17.7 Å². The fourth-order valence-corrected chi connectivity index (χ4v) is 3.38. The molecule has 0 aliphatic heterocycles. The van der Waals surface area contributed by atoms with Gasteiger partial charge in [-0.2, -0.15) is 8.42 Å². The molecule has 0 fully saturated rings. The van der Waals surface area contributed by atoms with Crippen molar-refractivity contribution in [3.63, 3.8) is 0 Å². The van der Waals surface area contributed by atoms with Crippen LogP contribution in [0.25, 0.3) is 0 Å². The minimum absolute atomic E-state index is 0.0139. The molecule has 0 aliphatic rings. The number of aliphatic hydroxyl groups excluding tert-OH is 2. The van der Waals surface area contributed by atoms with Crippen LogP contribution in [0.15, 0.2) is 41.3 Å². The van der Waals surface area contributed by atoms with E-state index < -0.39 is 10.1 Å². The first-order chi connectivity index (χ1) is 11.9. The number of benzene rings is 2. The first kappa shape index (κ1) is 19.4. The summed E-state index contributed by atoms with van der Waals surface area (Å²) in [5, 5.41) is 28.3. The summed E-state index contributed by atoms with van der Waals surface area (Å²) >= 11 is 0. The van der Waals surface area contributed by atoms with Crippen LogP contribution in [0.2, 0.25) is 0 Å². The fourth-order valence-electron chi connectivity index (χ4n) is 2.44. The highest BCUT2D eigenvalue weighted by Crippen LogP contribution is 2.25. The second-order valence-corrected chi connectivity index (χ2v) is 7.39. The van der Waals surface area contributed by atoms with Crippen LogP contribution in [0, 0.1) is 6.92 Å². The molecule has 0 spiro atoms. The zero-order chi connectivity index (χ0) is 18.4. The van der Waals surface area contributed by atoms with E-state index in [1.807, 2.05) is 6.92 Å². The van der Waals surface area contributed by atoms with Gasteiger partial charge in [0.05, 0.1) is 24.7 Å². The van der Waals surface area contributed by atoms with Crippen LogP contribution < -0.4 is 0 Å². The number of aromatic hydroxyl groups is 1. The zero-order valence-corrected chi connectivity index (χ0v) is 14.8. The van der Waals surface area contributed by atoms with Crippen molar-refractivity contribution in [3.8, 4) is 5.75 Å². The molecule has 6 nitrogen and oxygen atoms in total. The van der Waals surface area contributed by atoms with Crippen molar-refractivity contribution in [1.29, 1.82) is 0 Å². The molecule has 0 unspecified atom stereocenters. The third-order valence-corrected chi connectivity index (χ3v) is 5.15. The summed E-state index contributed by atoms with van der Waals surface area (Å²) in [6.45, 7) is 1.20. The van der Waals surface area contributed by atoms with Crippen molar-refractivity contribution in [2.24, 2.45) is 0 Å².